The van der Waals surface area contributed by atoms with Crippen LogP contribution in [-0.4, -0.2) is 0 Å². The molecule has 2 aliphatic rings. The van der Waals surface area contributed by atoms with Crippen LogP contribution in [0.5, 0.6) is 0 Å². The Kier molecular flexibility index (Phi) is 10.1. The highest BCUT2D eigenvalue weighted by Crippen LogP contribution is 2.47. The summed E-state index contributed by atoms with van der Waals surface area (Å²) in [7, 11) is 0. The average Bonchev–Trinajstić information content (AvgIpc) is 3.69. The van der Waals surface area contributed by atoms with E-state index in [1.807, 2.05) is 0 Å². The molecule has 1 saturated carbocycles. The smallest absolute Gasteiger partial charge is 0.142 e. The maximum Gasteiger partial charge on any atom is 0.142 e. The predicted octanol–water partition coefficient (Wildman–Crippen LogP) is 16.7. The Labute approximate surface area is 348 Å². The molecule has 8 aromatic rings. The molecule has 288 valence electrons. The molecule has 0 bridgehead atoms. The van der Waals surface area contributed by atoms with Crippen molar-refractivity contribution < 1.29 is 4.42 Å². The van der Waals surface area contributed by atoms with Crippen LogP contribution in [-0.2, 0) is 0 Å². The Morgan fingerprint density at radius 3 is 1.47 bits per heavy atom. The molecule has 0 amide bonds. The number of furan rings is 1. The van der Waals surface area contributed by atoms with Crippen LogP contribution in [0.1, 0.15) is 68.9 Å². The molecule has 1 aromatic heterocycles. The molecule has 2 aliphatic carbocycles. The van der Waals surface area contributed by atoms with Crippen LogP contribution in [0.2, 0.25) is 0 Å². The Balaban J connectivity index is 1.08. The molecule has 1 fully saturated rings. The highest BCUT2D eigenvalue weighted by molar-refractivity contribution is 6.08. The fraction of sp³-hybridized carbons (Fsp3) is 0.158. The highest BCUT2D eigenvalue weighted by Gasteiger charge is 2.26. The van der Waals surface area contributed by atoms with Gasteiger partial charge in [0.1, 0.15) is 11.2 Å². The molecule has 10 rings (SSSR count). The van der Waals surface area contributed by atoms with E-state index in [-0.39, 0.29) is 0 Å². The normalized spacial score (nSPS) is 17.5. The number of nitrogens with zero attached hydrogens (tertiary/aromatic N) is 1. The monoisotopic (exact) mass is 763 g/mol. The van der Waals surface area contributed by atoms with Crippen LogP contribution < -0.4 is 4.90 Å². The van der Waals surface area contributed by atoms with Crippen molar-refractivity contribution in [2.45, 2.75) is 57.8 Å². The molecule has 0 radical (unpaired) electrons. The van der Waals surface area contributed by atoms with Gasteiger partial charge in [0.05, 0.1) is 0 Å². The fourth-order valence-corrected chi connectivity index (χ4v) is 9.57. The fourth-order valence-electron chi connectivity index (χ4n) is 9.57. The number of rotatable bonds is 7. The van der Waals surface area contributed by atoms with E-state index < -0.39 is 0 Å². The van der Waals surface area contributed by atoms with E-state index in [0.29, 0.717) is 0 Å². The molecular weight excluding hydrogens is 715 g/mol. The maximum atomic E-state index is 6.67. The van der Waals surface area contributed by atoms with Crippen molar-refractivity contribution in [3.63, 3.8) is 0 Å². The Morgan fingerprint density at radius 2 is 0.847 bits per heavy atom. The minimum absolute atomic E-state index is 0.960. The van der Waals surface area contributed by atoms with E-state index in [2.05, 4.69) is 181 Å². The molecule has 0 saturated heterocycles. The first-order chi connectivity index (χ1) is 29.2. The summed E-state index contributed by atoms with van der Waals surface area (Å²) in [6.45, 7) is 4.82. The van der Waals surface area contributed by atoms with Gasteiger partial charge in [0.15, 0.2) is 0 Å². The Hall–Kier alpha value is -6.64. The number of anilines is 3. The summed E-state index contributed by atoms with van der Waals surface area (Å²) >= 11 is 0. The van der Waals surface area contributed by atoms with Crippen LogP contribution in [0.25, 0.3) is 55.3 Å². The van der Waals surface area contributed by atoms with Crippen LogP contribution in [0.3, 0.4) is 0 Å². The van der Waals surface area contributed by atoms with Gasteiger partial charge >= 0.3 is 0 Å². The molecule has 2 heteroatoms. The summed E-state index contributed by atoms with van der Waals surface area (Å²) in [6.07, 6.45) is 10.2. The van der Waals surface area contributed by atoms with Crippen LogP contribution in [0.4, 0.5) is 17.1 Å². The van der Waals surface area contributed by atoms with Gasteiger partial charge in [0.25, 0.3) is 0 Å². The quantitative estimate of drug-likeness (QED) is 0.161. The van der Waals surface area contributed by atoms with Gasteiger partial charge in [-0.25, -0.2) is 0 Å². The summed E-state index contributed by atoms with van der Waals surface area (Å²) in [5, 5.41) is 2.40. The minimum Gasteiger partial charge on any atom is -0.455 e. The summed E-state index contributed by atoms with van der Waals surface area (Å²) in [4.78, 5) is 2.38. The molecule has 0 atom stereocenters. The predicted molar refractivity (Wildman–Crippen MR) is 250 cm³/mol. The second-order valence-corrected chi connectivity index (χ2v) is 16.2. The minimum atomic E-state index is 0.960. The first-order valence-electron chi connectivity index (χ1n) is 21.5. The summed E-state index contributed by atoms with van der Waals surface area (Å²) in [6, 6.07) is 63.7. The third kappa shape index (κ3) is 7.25. The number of para-hydroxylation sites is 2. The zero-order valence-corrected chi connectivity index (χ0v) is 33.7. The summed E-state index contributed by atoms with van der Waals surface area (Å²) in [5.41, 5.74) is 19.8. The van der Waals surface area contributed by atoms with Gasteiger partial charge in [0.2, 0.25) is 0 Å². The van der Waals surface area contributed by atoms with Crippen molar-refractivity contribution in [2.75, 3.05) is 4.90 Å². The first kappa shape index (κ1) is 36.7. The molecule has 0 unspecified atom stereocenters. The van der Waals surface area contributed by atoms with Crippen molar-refractivity contribution in [2.24, 2.45) is 0 Å². The SMILES string of the molecule is C=C1CCCCC/C(c2cccc3c2oc2ccccc23)=C2/CCCC/C2=C/1c1ccc(N(c2ccc(-c3ccccc3)cc2)c2ccc(-c3ccccc3)cc2)cc1. The number of hydrogen-bond donors (Lipinski definition) is 0. The van der Waals surface area contributed by atoms with E-state index in [4.69, 9.17) is 11.0 Å². The third-order valence-electron chi connectivity index (χ3n) is 12.5. The standard InChI is InChI=1S/C57H49NO/c1-40-16-5-2-10-21-50(53-25-15-26-54-51-23-13-14-27-55(51)59-57(53)54)49-22-11-12-24-52(49)56(40)45-32-38-48(39-33-45)58(46-34-28-43(29-35-46)41-17-6-3-7-18-41)47-36-30-44(31-37-47)42-19-8-4-9-20-42/h3-4,6-9,13-15,17-20,23,25-39H,1-2,5,10-12,16,21-22,24H2/b50-49+,56-52+. The van der Waals surface area contributed by atoms with Crippen molar-refractivity contribution in [3.8, 4) is 22.3 Å². The lowest BCUT2D eigenvalue weighted by atomic mass is 9.76. The van der Waals surface area contributed by atoms with E-state index in [1.165, 1.54) is 97.7 Å². The molecule has 7 aromatic carbocycles. The van der Waals surface area contributed by atoms with Crippen molar-refractivity contribution in [3.05, 3.63) is 210 Å². The zero-order valence-electron chi connectivity index (χ0n) is 33.7. The van der Waals surface area contributed by atoms with Crippen LogP contribution >= 0.6 is 0 Å². The van der Waals surface area contributed by atoms with Crippen LogP contribution in [0, 0.1) is 0 Å². The lowest BCUT2D eigenvalue weighted by Crippen LogP contribution is -2.10. The molecule has 0 aliphatic heterocycles. The first-order valence-corrected chi connectivity index (χ1v) is 21.5. The van der Waals surface area contributed by atoms with Gasteiger partial charge in [-0.3, -0.25) is 0 Å². The van der Waals surface area contributed by atoms with Crippen LogP contribution in [0.15, 0.2) is 204 Å². The second-order valence-electron chi connectivity index (χ2n) is 16.2. The average molecular weight is 764 g/mol. The van der Waals surface area contributed by atoms with Crippen molar-refractivity contribution in [1.29, 1.82) is 0 Å². The second kappa shape index (κ2) is 16.3. The van der Waals surface area contributed by atoms with Gasteiger partial charge in [0, 0.05) is 33.4 Å². The molecule has 1 heterocycles. The number of allylic oxidation sites excluding steroid dienone is 5. The zero-order chi connectivity index (χ0) is 39.5. The van der Waals surface area contributed by atoms with Crippen molar-refractivity contribution >= 4 is 50.1 Å². The highest BCUT2D eigenvalue weighted by atomic mass is 16.3. The van der Waals surface area contributed by atoms with E-state index >= 15 is 0 Å². The maximum absolute atomic E-state index is 6.67. The van der Waals surface area contributed by atoms with Gasteiger partial charge < -0.3 is 9.32 Å². The van der Waals surface area contributed by atoms with E-state index in [0.717, 1.165) is 60.3 Å². The molecular formula is C57H49NO. The van der Waals surface area contributed by atoms with Gasteiger partial charge in [-0.15, -0.1) is 0 Å². The topological polar surface area (TPSA) is 16.4 Å². The van der Waals surface area contributed by atoms with Gasteiger partial charge in [-0.2, -0.15) is 0 Å². The van der Waals surface area contributed by atoms with Crippen molar-refractivity contribution in [1.82, 2.24) is 0 Å². The lowest BCUT2D eigenvalue weighted by molar-refractivity contribution is 0.656. The number of fused-ring (bicyclic) bond motifs is 4. The molecule has 0 N–H and O–H groups in total. The third-order valence-corrected chi connectivity index (χ3v) is 12.5. The number of benzene rings is 7. The van der Waals surface area contributed by atoms with Gasteiger partial charge in [-0.05, 0) is 150 Å². The summed E-state index contributed by atoms with van der Waals surface area (Å²) in [5.74, 6) is 0. The van der Waals surface area contributed by atoms with E-state index in [9.17, 15) is 0 Å². The Morgan fingerprint density at radius 1 is 0.373 bits per heavy atom. The Bertz CT molecular complexity index is 2740. The lowest BCUT2D eigenvalue weighted by Gasteiger charge is -2.29. The molecule has 0 spiro atoms. The number of hydrogen-bond acceptors (Lipinski definition) is 2. The molecule has 59 heavy (non-hydrogen) atoms. The van der Waals surface area contributed by atoms with E-state index in [1.54, 1.807) is 0 Å². The molecule has 2 nitrogen and oxygen atoms in total. The van der Waals surface area contributed by atoms with Gasteiger partial charge in [-0.1, -0.05) is 146 Å². The summed E-state index contributed by atoms with van der Waals surface area (Å²) < 4.78 is 6.67. The largest absolute Gasteiger partial charge is 0.455 e.